The summed E-state index contributed by atoms with van der Waals surface area (Å²) in [6.45, 7) is 0. The number of benzene rings is 1. The normalized spacial score (nSPS) is 18.5. The molecule has 58 valence electrons. The van der Waals surface area contributed by atoms with Crippen LogP contribution in [0, 0.1) is 0 Å². The van der Waals surface area contributed by atoms with Crippen LogP contribution in [0.1, 0.15) is 17.2 Å². The van der Waals surface area contributed by atoms with Crippen LogP contribution in [-0.4, -0.2) is 5.16 Å². The van der Waals surface area contributed by atoms with Crippen LogP contribution in [0.15, 0.2) is 35.3 Å². The number of rotatable bonds is 1. The predicted molar refractivity (Wildman–Crippen MR) is 53.2 cm³/mol. The SMILES string of the molecule is S=C=NC1C=Cc2ccccc21. The van der Waals surface area contributed by atoms with Crippen molar-refractivity contribution in [2.45, 2.75) is 6.04 Å². The molecule has 1 aliphatic carbocycles. The van der Waals surface area contributed by atoms with Crippen LogP contribution in [0.5, 0.6) is 0 Å². The molecule has 2 rings (SSSR count). The largest absolute Gasteiger partial charge is 0.220 e. The highest BCUT2D eigenvalue weighted by atomic mass is 32.1. The fourth-order valence-electron chi connectivity index (χ4n) is 1.40. The van der Waals surface area contributed by atoms with E-state index >= 15 is 0 Å². The Balaban J connectivity index is 2.48. The van der Waals surface area contributed by atoms with E-state index in [2.05, 4.69) is 40.6 Å². The Morgan fingerprint density at radius 3 is 3.00 bits per heavy atom. The van der Waals surface area contributed by atoms with E-state index in [1.165, 1.54) is 11.1 Å². The first-order valence-electron chi connectivity index (χ1n) is 3.76. The van der Waals surface area contributed by atoms with Crippen molar-refractivity contribution in [3.63, 3.8) is 0 Å². The molecule has 0 amide bonds. The van der Waals surface area contributed by atoms with Crippen LogP contribution in [0.25, 0.3) is 6.08 Å². The lowest BCUT2D eigenvalue weighted by atomic mass is 10.1. The molecule has 1 nitrogen and oxygen atoms in total. The lowest BCUT2D eigenvalue weighted by Gasteiger charge is -2.01. The zero-order chi connectivity index (χ0) is 8.39. The summed E-state index contributed by atoms with van der Waals surface area (Å²) < 4.78 is 0. The minimum absolute atomic E-state index is 0.0960. The molecular weight excluding hydrogens is 166 g/mol. The molecule has 0 fully saturated rings. The van der Waals surface area contributed by atoms with Crippen LogP contribution in [-0.2, 0) is 0 Å². The van der Waals surface area contributed by atoms with Crippen molar-refractivity contribution in [2.75, 3.05) is 0 Å². The van der Waals surface area contributed by atoms with Crippen molar-refractivity contribution in [1.29, 1.82) is 0 Å². The topological polar surface area (TPSA) is 12.4 Å². The van der Waals surface area contributed by atoms with Crippen LogP contribution < -0.4 is 0 Å². The smallest absolute Gasteiger partial charge is 0.104 e. The maximum atomic E-state index is 4.57. The van der Waals surface area contributed by atoms with E-state index in [9.17, 15) is 0 Å². The third-order valence-electron chi connectivity index (χ3n) is 1.96. The molecule has 0 spiro atoms. The van der Waals surface area contributed by atoms with Gasteiger partial charge in [-0.3, -0.25) is 0 Å². The molecule has 0 saturated carbocycles. The van der Waals surface area contributed by atoms with Gasteiger partial charge in [0, 0.05) is 0 Å². The van der Waals surface area contributed by atoms with Gasteiger partial charge in [-0.05, 0) is 23.3 Å². The van der Waals surface area contributed by atoms with Crippen LogP contribution in [0.2, 0.25) is 0 Å². The summed E-state index contributed by atoms with van der Waals surface area (Å²) >= 11 is 4.57. The molecule has 0 aromatic heterocycles. The van der Waals surface area contributed by atoms with E-state index in [1.807, 2.05) is 18.2 Å². The highest BCUT2D eigenvalue weighted by Gasteiger charge is 2.14. The van der Waals surface area contributed by atoms with Gasteiger partial charge >= 0.3 is 0 Å². The van der Waals surface area contributed by atoms with Gasteiger partial charge in [0.15, 0.2) is 0 Å². The van der Waals surface area contributed by atoms with Crippen molar-refractivity contribution in [1.82, 2.24) is 0 Å². The molecule has 0 N–H and O–H groups in total. The highest BCUT2D eigenvalue weighted by molar-refractivity contribution is 7.78. The minimum atomic E-state index is 0.0960. The fraction of sp³-hybridized carbons (Fsp3) is 0.100. The zero-order valence-corrected chi connectivity index (χ0v) is 7.21. The standard InChI is InChI=1S/C10H7NS/c12-7-11-10-6-5-8-3-1-2-4-9(8)10/h1-6,10H. The van der Waals surface area contributed by atoms with Gasteiger partial charge in [0.2, 0.25) is 0 Å². The summed E-state index contributed by atoms with van der Waals surface area (Å²) in [5, 5.41) is 2.41. The van der Waals surface area contributed by atoms with Gasteiger partial charge in [0.05, 0.1) is 5.16 Å². The molecule has 1 aromatic carbocycles. The van der Waals surface area contributed by atoms with E-state index in [1.54, 1.807) is 0 Å². The third-order valence-corrected chi connectivity index (χ3v) is 2.07. The molecule has 0 bridgehead atoms. The van der Waals surface area contributed by atoms with Gasteiger partial charge in [-0.25, -0.2) is 4.99 Å². The summed E-state index contributed by atoms with van der Waals surface area (Å²) in [6.07, 6.45) is 4.10. The lowest BCUT2D eigenvalue weighted by Crippen LogP contribution is -1.87. The van der Waals surface area contributed by atoms with E-state index in [0.29, 0.717) is 0 Å². The van der Waals surface area contributed by atoms with Crippen LogP contribution >= 0.6 is 12.2 Å². The first-order valence-corrected chi connectivity index (χ1v) is 4.17. The van der Waals surface area contributed by atoms with Crippen molar-refractivity contribution in [3.8, 4) is 0 Å². The van der Waals surface area contributed by atoms with Crippen molar-refractivity contribution in [2.24, 2.45) is 4.99 Å². The second-order valence-corrected chi connectivity index (χ2v) is 2.84. The monoisotopic (exact) mass is 173 g/mol. The Bertz CT molecular complexity index is 375. The molecule has 1 aromatic rings. The number of thiocarbonyl (C=S) groups is 1. The van der Waals surface area contributed by atoms with Crippen molar-refractivity contribution in [3.05, 3.63) is 41.5 Å². The van der Waals surface area contributed by atoms with Crippen molar-refractivity contribution >= 4 is 23.5 Å². The van der Waals surface area contributed by atoms with Gasteiger partial charge < -0.3 is 0 Å². The predicted octanol–water partition coefficient (Wildman–Crippen LogP) is 2.86. The van der Waals surface area contributed by atoms with Gasteiger partial charge in [-0.1, -0.05) is 36.4 Å². The van der Waals surface area contributed by atoms with E-state index in [-0.39, 0.29) is 6.04 Å². The van der Waals surface area contributed by atoms with E-state index in [0.717, 1.165) is 0 Å². The molecule has 2 heteroatoms. The molecule has 0 radical (unpaired) electrons. The number of nitrogens with zero attached hydrogens (tertiary/aromatic N) is 1. The van der Waals surface area contributed by atoms with E-state index < -0.39 is 0 Å². The number of aliphatic imine (C=N–C) groups is 1. The Labute approximate surface area is 76.4 Å². The number of isothiocyanates is 1. The van der Waals surface area contributed by atoms with Gasteiger partial charge in [0.25, 0.3) is 0 Å². The highest BCUT2D eigenvalue weighted by Crippen LogP contribution is 2.29. The average molecular weight is 173 g/mol. The Morgan fingerprint density at radius 1 is 1.33 bits per heavy atom. The molecule has 0 saturated heterocycles. The van der Waals surface area contributed by atoms with E-state index in [4.69, 9.17) is 0 Å². The maximum absolute atomic E-state index is 4.57. The summed E-state index contributed by atoms with van der Waals surface area (Å²) in [5.74, 6) is 0. The first kappa shape index (κ1) is 7.41. The van der Waals surface area contributed by atoms with Gasteiger partial charge in [-0.2, -0.15) is 0 Å². The Morgan fingerprint density at radius 2 is 2.17 bits per heavy atom. The summed E-state index contributed by atoms with van der Waals surface area (Å²) in [7, 11) is 0. The number of hydrogen-bond donors (Lipinski definition) is 0. The summed E-state index contributed by atoms with van der Waals surface area (Å²) in [4.78, 5) is 4.04. The molecule has 1 aliphatic rings. The summed E-state index contributed by atoms with van der Waals surface area (Å²) in [5.41, 5.74) is 2.45. The molecule has 1 unspecified atom stereocenters. The Kier molecular flexibility index (Phi) is 1.86. The van der Waals surface area contributed by atoms with Gasteiger partial charge in [0.1, 0.15) is 6.04 Å². The molecule has 12 heavy (non-hydrogen) atoms. The number of fused-ring (bicyclic) bond motifs is 1. The minimum Gasteiger partial charge on any atom is -0.220 e. The quantitative estimate of drug-likeness (QED) is 0.470. The maximum Gasteiger partial charge on any atom is 0.104 e. The zero-order valence-electron chi connectivity index (χ0n) is 6.40. The second-order valence-electron chi connectivity index (χ2n) is 2.65. The average Bonchev–Trinajstić information content (AvgIpc) is 2.50. The van der Waals surface area contributed by atoms with Crippen LogP contribution in [0.4, 0.5) is 0 Å². The molecule has 0 heterocycles. The third kappa shape index (κ3) is 1.11. The summed E-state index contributed by atoms with van der Waals surface area (Å²) in [6, 6.07) is 8.27. The molecule has 0 aliphatic heterocycles. The Hall–Kier alpha value is -1.24. The fourth-order valence-corrected chi connectivity index (χ4v) is 1.51. The number of hydrogen-bond acceptors (Lipinski definition) is 2. The van der Waals surface area contributed by atoms with Crippen molar-refractivity contribution < 1.29 is 0 Å². The molecule has 1 atom stereocenters. The second kappa shape index (κ2) is 3.02. The first-order chi connectivity index (χ1) is 5.92. The van der Waals surface area contributed by atoms with Gasteiger partial charge in [-0.15, -0.1) is 0 Å². The van der Waals surface area contributed by atoms with Crippen LogP contribution in [0.3, 0.4) is 0 Å². The lowest BCUT2D eigenvalue weighted by molar-refractivity contribution is 0.942. The molecular formula is C10H7NS.